The molecule has 0 radical (unpaired) electrons. The predicted octanol–water partition coefficient (Wildman–Crippen LogP) is 5.39. The largest absolute Gasteiger partial charge is 0.496 e. The molecular formula is C30H36N6O. The molecular weight excluding hydrogens is 460 g/mol. The smallest absolute Gasteiger partial charge is 0.225 e. The van der Waals surface area contributed by atoms with Crippen LogP contribution in [0.1, 0.15) is 24.0 Å². The molecule has 37 heavy (non-hydrogen) atoms. The number of ether oxygens (including phenoxy) is 1. The quantitative estimate of drug-likeness (QED) is 0.322. The highest BCUT2D eigenvalue weighted by atomic mass is 16.5. The lowest BCUT2D eigenvalue weighted by atomic mass is 10.0. The van der Waals surface area contributed by atoms with E-state index in [4.69, 9.17) is 14.7 Å². The fraction of sp³-hybridized carbons (Fsp3) is 0.333. The summed E-state index contributed by atoms with van der Waals surface area (Å²) >= 11 is 0. The minimum Gasteiger partial charge on any atom is -0.496 e. The molecule has 0 aliphatic carbocycles. The van der Waals surface area contributed by atoms with Crippen molar-refractivity contribution in [2.24, 2.45) is 0 Å². The number of benzene rings is 3. The summed E-state index contributed by atoms with van der Waals surface area (Å²) in [5, 5.41) is 8.21. The molecule has 4 aromatic rings. The van der Waals surface area contributed by atoms with Crippen LogP contribution in [0.4, 0.5) is 17.5 Å². The molecule has 7 nitrogen and oxygen atoms in total. The van der Waals surface area contributed by atoms with Gasteiger partial charge in [-0.1, -0.05) is 48.5 Å². The number of likely N-dealkylation sites (tertiary alicyclic amines) is 1. The maximum absolute atomic E-state index is 5.69. The second-order valence-corrected chi connectivity index (χ2v) is 9.80. The van der Waals surface area contributed by atoms with Crippen molar-refractivity contribution in [3.63, 3.8) is 0 Å². The maximum atomic E-state index is 5.69. The van der Waals surface area contributed by atoms with Crippen molar-refractivity contribution in [1.82, 2.24) is 14.9 Å². The molecule has 1 aliphatic rings. The van der Waals surface area contributed by atoms with Crippen molar-refractivity contribution >= 4 is 28.4 Å². The Morgan fingerprint density at radius 1 is 0.919 bits per heavy atom. The van der Waals surface area contributed by atoms with E-state index in [1.54, 1.807) is 7.11 Å². The summed E-state index contributed by atoms with van der Waals surface area (Å²) in [7, 11) is 5.93. The molecule has 0 spiro atoms. The molecule has 1 aromatic heterocycles. The van der Waals surface area contributed by atoms with Crippen LogP contribution in [0.25, 0.3) is 10.9 Å². The van der Waals surface area contributed by atoms with Crippen LogP contribution in [0.15, 0.2) is 72.8 Å². The molecule has 0 amide bonds. The molecule has 5 rings (SSSR count). The van der Waals surface area contributed by atoms with E-state index in [0.29, 0.717) is 18.5 Å². The topological polar surface area (TPSA) is 65.6 Å². The van der Waals surface area contributed by atoms with Gasteiger partial charge < -0.3 is 20.3 Å². The van der Waals surface area contributed by atoms with Crippen molar-refractivity contribution in [3.05, 3.63) is 83.9 Å². The summed E-state index contributed by atoms with van der Waals surface area (Å²) in [4.78, 5) is 14.3. The number of piperidine rings is 1. The van der Waals surface area contributed by atoms with E-state index in [-0.39, 0.29) is 0 Å². The minimum absolute atomic E-state index is 0.363. The molecule has 1 fully saturated rings. The van der Waals surface area contributed by atoms with Gasteiger partial charge in [0.1, 0.15) is 11.6 Å². The van der Waals surface area contributed by atoms with Crippen molar-refractivity contribution < 1.29 is 4.74 Å². The molecule has 0 bridgehead atoms. The van der Waals surface area contributed by atoms with Crippen LogP contribution in [0, 0.1) is 0 Å². The van der Waals surface area contributed by atoms with E-state index in [9.17, 15) is 0 Å². The summed E-state index contributed by atoms with van der Waals surface area (Å²) in [5.74, 6) is 2.50. The summed E-state index contributed by atoms with van der Waals surface area (Å²) in [6.45, 7) is 3.61. The van der Waals surface area contributed by atoms with E-state index in [2.05, 4.69) is 70.9 Å². The van der Waals surface area contributed by atoms with Gasteiger partial charge in [0, 0.05) is 63.0 Å². The summed E-state index contributed by atoms with van der Waals surface area (Å²) in [6, 6.07) is 25.2. The highest BCUT2D eigenvalue weighted by Crippen LogP contribution is 2.31. The summed E-state index contributed by atoms with van der Waals surface area (Å²) in [6.07, 6.45) is 2.11. The molecule has 2 heterocycles. The lowest BCUT2D eigenvalue weighted by Gasteiger charge is -2.34. The third-order valence-electron chi connectivity index (χ3n) is 7.02. The lowest BCUT2D eigenvalue weighted by molar-refractivity contribution is 0.209. The van der Waals surface area contributed by atoms with Gasteiger partial charge in [-0.2, -0.15) is 4.98 Å². The third-order valence-corrected chi connectivity index (χ3v) is 7.02. The van der Waals surface area contributed by atoms with Gasteiger partial charge in [-0.05, 0) is 42.7 Å². The van der Waals surface area contributed by atoms with E-state index >= 15 is 0 Å². The first kappa shape index (κ1) is 24.8. The Morgan fingerprint density at radius 2 is 1.68 bits per heavy atom. The predicted molar refractivity (Wildman–Crippen MR) is 153 cm³/mol. The number of fused-ring (bicyclic) bond motifs is 1. The Hall–Kier alpha value is -3.84. The van der Waals surface area contributed by atoms with Gasteiger partial charge in [-0.25, -0.2) is 4.98 Å². The molecule has 1 aliphatic heterocycles. The Morgan fingerprint density at radius 3 is 2.43 bits per heavy atom. The number of nitrogens with one attached hydrogen (secondary N) is 2. The third kappa shape index (κ3) is 5.94. The first-order valence-electron chi connectivity index (χ1n) is 13.0. The second-order valence-electron chi connectivity index (χ2n) is 9.80. The average molecular weight is 497 g/mol. The number of methoxy groups -OCH3 is 1. The van der Waals surface area contributed by atoms with Gasteiger partial charge in [0.15, 0.2) is 0 Å². The lowest BCUT2D eigenvalue weighted by Crippen LogP contribution is -2.39. The molecule has 3 aromatic carbocycles. The Kier molecular flexibility index (Phi) is 7.70. The number of rotatable bonds is 9. The van der Waals surface area contributed by atoms with E-state index in [1.807, 2.05) is 36.4 Å². The normalized spacial score (nSPS) is 14.5. The molecule has 192 valence electrons. The summed E-state index contributed by atoms with van der Waals surface area (Å²) in [5.41, 5.74) is 4.61. The number of para-hydroxylation sites is 1. The zero-order valence-electron chi connectivity index (χ0n) is 21.9. The standard InChI is InChI=1S/C30H36N6O/c1-35(2)27-14-9-15-28(37-3)25(27)21-36-18-16-23(17-19-36)32-29-24-12-7-8-13-26(24)33-30(34-29)31-20-22-10-5-4-6-11-22/h4-15,23H,16-21H2,1-3H3,(H2,31,32,33,34). The maximum Gasteiger partial charge on any atom is 0.225 e. The number of nitrogens with zero attached hydrogens (tertiary/aromatic N) is 4. The van der Waals surface area contributed by atoms with Crippen molar-refractivity contribution in [2.45, 2.75) is 32.0 Å². The fourth-order valence-electron chi connectivity index (χ4n) is 5.02. The summed E-state index contributed by atoms with van der Waals surface area (Å²) < 4.78 is 5.69. The van der Waals surface area contributed by atoms with Crippen LogP contribution in [0.3, 0.4) is 0 Å². The Balaban J connectivity index is 1.26. The van der Waals surface area contributed by atoms with Gasteiger partial charge >= 0.3 is 0 Å². The SMILES string of the molecule is COc1cccc(N(C)C)c1CN1CCC(Nc2nc(NCc3ccccc3)nc3ccccc23)CC1. The van der Waals surface area contributed by atoms with Crippen LogP contribution in [0.2, 0.25) is 0 Å². The average Bonchev–Trinajstić information content (AvgIpc) is 2.93. The minimum atomic E-state index is 0.363. The van der Waals surface area contributed by atoms with Crippen molar-refractivity contribution in [3.8, 4) is 5.75 Å². The Bertz CT molecular complexity index is 1320. The van der Waals surface area contributed by atoms with E-state index in [1.165, 1.54) is 16.8 Å². The molecule has 7 heteroatoms. The van der Waals surface area contributed by atoms with Gasteiger partial charge in [0.05, 0.1) is 12.6 Å². The molecule has 0 saturated carbocycles. The second kappa shape index (κ2) is 11.5. The highest BCUT2D eigenvalue weighted by Gasteiger charge is 2.23. The van der Waals surface area contributed by atoms with Crippen LogP contribution < -0.4 is 20.3 Å². The van der Waals surface area contributed by atoms with Gasteiger partial charge in [0.25, 0.3) is 0 Å². The molecule has 0 atom stereocenters. The number of hydrogen-bond donors (Lipinski definition) is 2. The molecule has 0 unspecified atom stereocenters. The molecule has 1 saturated heterocycles. The van der Waals surface area contributed by atoms with E-state index < -0.39 is 0 Å². The van der Waals surface area contributed by atoms with Crippen LogP contribution in [-0.2, 0) is 13.1 Å². The first-order valence-corrected chi connectivity index (χ1v) is 13.0. The van der Waals surface area contributed by atoms with Crippen molar-refractivity contribution in [2.75, 3.05) is 49.8 Å². The molecule has 2 N–H and O–H groups in total. The van der Waals surface area contributed by atoms with Gasteiger partial charge in [-0.15, -0.1) is 0 Å². The van der Waals surface area contributed by atoms with Crippen LogP contribution in [0.5, 0.6) is 5.75 Å². The monoisotopic (exact) mass is 496 g/mol. The zero-order chi connectivity index (χ0) is 25.6. The number of anilines is 3. The van der Waals surface area contributed by atoms with Gasteiger partial charge in [-0.3, -0.25) is 4.90 Å². The number of aromatic nitrogens is 2. The van der Waals surface area contributed by atoms with E-state index in [0.717, 1.165) is 54.9 Å². The van der Waals surface area contributed by atoms with Crippen molar-refractivity contribution in [1.29, 1.82) is 0 Å². The fourth-order valence-corrected chi connectivity index (χ4v) is 5.02. The number of hydrogen-bond acceptors (Lipinski definition) is 7. The van der Waals surface area contributed by atoms with Gasteiger partial charge in [0.2, 0.25) is 5.95 Å². The Labute approximate surface area is 219 Å². The zero-order valence-corrected chi connectivity index (χ0v) is 21.9. The van der Waals surface area contributed by atoms with Crippen LogP contribution >= 0.6 is 0 Å². The van der Waals surface area contributed by atoms with Crippen LogP contribution in [-0.4, -0.2) is 55.2 Å². The highest BCUT2D eigenvalue weighted by molar-refractivity contribution is 5.90. The first-order chi connectivity index (χ1) is 18.1.